The molecule has 0 amide bonds. The topological polar surface area (TPSA) is 68.2 Å². The molecular weight excluding hydrogens is 512 g/mol. The lowest BCUT2D eigenvalue weighted by molar-refractivity contribution is 0.108. The first-order valence-corrected chi connectivity index (χ1v) is 13.6. The Bertz CT molecular complexity index is 1740. The van der Waals surface area contributed by atoms with E-state index in [1.807, 2.05) is 133 Å². The Hall–Kier alpha value is -4.84. The summed E-state index contributed by atoms with van der Waals surface area (Å²) in [6.45, 7) is 0.151. The summed E-state index contributed by atoms with van der Waals surface area (Å²) in [5, 5.41) is 25.0. The highest BCUT2D eigenvalue weighted by Crippen LogP contribution is 2.45. The van der Waals surface area contributed by atoms with E-state index >= 15 is 0 Å². The third kappa shape index (κ3) is 5.87. The average molecular weight is 543 g/mol. The van der Waals surface area contributed by atoms with Crippen LogP contribution in [0.1, 0.15) is 23.3 Å². The van der Waals surface area contributed by atoms with E-state index in [2.05, 4.69) is 0 Å². The van der Waals surface area contributed by atoms with Gasteiger partial charge >= 0.3 is 0 Å². The molecule has 41 heavy (non-hydrogen) atoms. The van der Waals surface area contributed by atoms with Gasteiger partial charge in [-0.05, 0) is 41.5 Å². The Labute approximate surface area is 238 Å². The van der Waals surface area contributed by atoms with Crippen LogP contribution < -0.4 is 14.2 Å². The lowest BCUT2D eigenvalue weighted by Gasteiger charge is -2.21. The summed E-state index contributed by atoms with van der Waals surface area (Å²) >= 11 is 0. The zero-order chi connectivity index (χ0) is 28.0. The van der Waals surface area contributed by atoms with Crippen molar-refractivity contribution in [2.75, 3.05) is 13.2 Å². The summed E-state index contributed by atoms with van der Waals surface area (Å²) < 4.78 is 18.9. The first kappa shape index (κ1) is 26.4. The van der Waals surface area contributed by atoms with E-state index in [-0.39, 0.29) is 13.2 Å². The fraction of sp³-hybridized carbons (Fsp3) is 0.111. The molecule has 0 radical (unpaired) electrons. The number of fused-ring (bicyclic) bond motifs is 2. The molecule has 0 aliphatic rings. The van der Waals surface area contributed by atoms with Crippen LogP contribution in [0.15, 0.2) is 133 Å². The van der Waals surface area contributed by atoms with Gasteiger partial charge in [-0.15, -0.1) is 0 Å². The van der Waals surface area contributed by atoms with Gasteiger partial charge in [0, 0.05) is 21.5 Å². The molecular formula is C36H30O5. The summed E-state index contributed by atoms with van der Waals surface area (Å²) in [5.41, 5.74) is 1.57. The molecule has 0 heterocycles. The Morgan fingerprint density at radius 2 is 0.878 bits per heavy atom. The third-order valence-corrected chi connectivity index (χ3v) is 7.02. The van der Waals surface area contributed by atoms with Crippen molar-refractivity contribution in [1.82, 2.24) is 0 Å². The molecule has 0 aromatic heterocycles. The van der Waals surface area contributed by atoms with Crippen molar-refractivity contribution >= 4 is 21.5 Å². The molecule has 6 aromatic carbocycles. The van der Waals surface area contributed by atoms with Gasteiger partial charge in [-0.1, -0.05) is 103 Å². The van der Waals surface area contributed by atoms with Crippen LogP contribution in [-0.2, 0) is 0 Å². The van der Waals surface area contributed by atoms with Gasteiger partial charge in [-0.25, -0.2) is 0 Å². The van der Waals surface area contributed by atoms with E-state index in [1.54, 1.807) is 0 Å². The van der Waals surface area contributed by atoms with E-state index in [1.165, 1.54) is 0 Å². The van der Waals surface area contributed by atoms with Crippen molar-refractivity contribution in [3.05, 3.63) is 145 Å². The zero-order valence-electron chi connectivity index (χ0n) is 22.4. The summed E-state index contributed by atoms with van der Waals surface area (Å²) in [6.07, 6.45) is -1.59. The van der Waals surface area contributed by atoms with E-state index in [0.717, 1.165) is 38.4 Å². The molecule has 6 aromatic rings. The van der Waals surface area contributed by atoms with Gasteiger partial charge in [0.05, 0.1) is 0 Å². The first-order chi connectivity index (χ1) is 20.2. The van der Waals surface area contributed by atoms with Gasteiger partial charge in [0.2, 0.25) is 0 Å². The highest BCUT2D eigenvalue weighted by Gasteiger charge is 2.20. The maximum atomic E-state index is 10.9. The monoisotopic (exact) mass is 542 g/mol. The molecule has 204 valence electrons. The first-order valence-electron chi connectivity index (χ1n) is 13.6. The lowest BCUT2D eigenvalue weighted by atomic mass is 10.00. The van der Waals surface area contributed by atoms with E-state index in [0.29, 0.717) is 17.2 Å². The van der Waals surface area contributed by atoms with Crippen LogP contribution in [0.2, 0.25) is 0 Å². The molecule has 2 atom stereocenters. The minimum absolute atomic E-state index is 0.0692. The van der Waals surface area contributed by atoms with E-state index in [4.69, 9.17) is 14.2 Å². The van der Waals surface area contributed by atoms with Gasteiger partial charge in [0.25, 0.3) is 0 Å². The molecule has 0 aliphatic carbocycles. The third-order valence-electron chi connectivity index (χ3n) is 7.02. The average Bonchev–Trinajstić information content (AvgIpc) is 3.03. The Kier molecular flexibility index (Phi) is 7.81. The van der Waals surface area contributed by atoms with Crippen LogP contribution in [0.5, 0.6) is 23.0 Å². The van der Waals surface area contributed by atoms with Gasteiger partial charge in [-0.3, -0.25) is 0 Å². The van der Waals surface area contributed by atoms with Crippen LogP contribution in [0.4, 0.5) is 0 Å². The largest absolute Gasteiger partial charge is 0.489 e. The predicted octanol–water partition coefficient (Wildman–Crippen LogP) is 8.01. The van der Waals surface area contributed by atoms with Gasteiger partial charge in [0.1, 0.15) is 48.4 Å². The Morgan fingerprint density at radius 1 is 0.439 bits per heavy atom. The maximum absolute atomic E-state index is 10.9. The maximum Gasteiger partial charge on any atom is 0.135 e. The molecule has 5 nitrogen and oxygen atoms in total. The second-order valence-electron chi connectivity index (χ2n) is 9.80. The van der Waals surface area contributed by atoms with Crippen LogP contribution >= 0.6 is 0 Å². The van der Waals surface area contributed by atoms with Crippen molar-refractivity contribution < 1.29 is 24.4 Å². The van der Waals surface area contributed by atoms with Crippen LogP contribution in [-0.4, -0.2) is 23.4 Å². The lowest BCUT2D eigenvalue weighted by Crippen LogP contribution is -2.11. The molecule has 0 spiro atoms. The molecule has 0 aliphatic heterocycles. The molecule has 5 heteroatoms. The number of ether oxygens (including phenoxy) is 3. The number of hydrogen-bond donors (Lipinski definition) is 2. The Balaban J connectivity index is 1.42. The van der Waals surface area contributed by atoms with Crippen LogP contribution in [0.3, 0.4) is 0 Å². The van der Waals surface area contributed by atoms with Crippen molar-refractivity contribution in [2.24, 2.45) is 0 Å². The molecule has 6 rings (SSSR count). The smallest absolute Gasteiger partial charge is 0.135 e. The molecule has 0 saturated heterocycles. The number of rotatable bonds is 10. The molecule has 0 fully saturated rings. The number of benzene rings is 6. The number of para-hydroxylation sites is 1. The second-order valence-corrected chi connectivity index (χ2v) is 9.80. The minimum Gasteiger partial charge on any atom is -0.489 e. The van der Waals surface area contributed by atoms with E-state index < -0.39 is 12.2 Å². The second kappa shape index (κ2) is 12.1. The summed E-state index contributed by atoms with van der Waals surface area (Å²) in [5.74, 6) is 2.63. The SMILES string of the molecule is OC(COc1c2ccccc2c(OCC(O)c2ccccc2)c2cc(Oc3ccccc3)ccc12)c1ccccc1. The van der Waals surface area contributed by atoms with Crippen molar-refractivity contribution in [1.29, 1.82) is 0 Å². The zero-order valence-corrected chi connectivity index (χ0v) is 22.4. The summed E-state index contributed by atoms with van der Waals surface area (Å²) in [7, 11) is 0. The highest BCUT2D eigenvalue weighted by molar-refractivity contribution is 6.11. The Morgan fingerprint density at radius 3 is 1.41 bits per heavy atom. The number of aliphatic hydroxyl groups excluding tert-OH is 2. The molecule has 0 saturated carbocycles. The standard InChI is InChI=1S/C36H30O5/c37-33(25-12-4-1-5-13-25)23-39-35-29-18-10-11-19-30(29)36(40-24-34(38)26-14-6-2-7-15-26)32-22-28(20-21-31(32)35)41-27-16-8-3-9-17-27/h1-22,33-34,37-38H,23-24H2. The van der Waals surface area contributed by atoms with Crippen LogP contribution in [0, 0.1) is 0 Å². The highest BCUT2D eigenvalue weighted by atomic mass is 16.5. The fourth-order valence-electron chi connectivity index (χ4n) is 4.94. The minimum atomic E-state index is -0.800. The van der Waals surface area contributed by atoms with Gasteiger partial charge in [-0.2, -0.15) is 0 Å². The number of hydrogen-bond acceptors (Lipinski definition) is 5. The fourth-order valence-corrected chi connectivity index (χ4v) is 4.94. The normalized spacial score (nSPS) is 12.6. The number of aliphatic hydroxyl groups is 2. The quantitative estimate of drug-likeness (QED) is 0.172. The molecule has 2 unspecified atom stereocenters. The summed E-state index contributed by atoms with van der Waals surface area (Å²) in [4.78, 5) is 0. The van der Waals surface area contributed by atoms with E-state index in [9.17, 15) is 10.2 Å². The van der Waals surface area contributed by atoms with Crippen molar-refractivity contribution in [3.63, 3.8) is 0 Å². The van der Waals surface area contributed by atoms with Gasteiger partial charge < -0.3 is 24.4 Å². The summed E-state index contributed by atoms with van der Waals surface area (Å²) in [6, 6.07) is 42.2. The van der Waals surface area contributed by atoms with Crippen molar-refractivity contribution in [3.8, 4) is 23.0 Å². The van der Waals surface area contributed by atoms with Gasteiger partial charge in [0.15, 0.2) is 0 Å². The van der Waals surface area contributed by atoms with Crippen molar-refractivity contribution in [2.45, 2.75) is 12.2 Å². The molecule has 0 bridgehead atoms. The molecule has 2 N–H and O–H groups in total. The van der Waals surface area contributed by atoms with Crippen LogP contribution in [0.25, 0.3) is 21.5 Å². The predicted molar refractivity (Wildman–Crippen MR) is 162 cm³/mol.